The summed E-state index contributed by atoms with van der Waals surface area (Å²) in [5.41, 5.74) is 0.477. The third-order valence-corrected chi connectivity index (χ3v) is 3.50. The largest absolute Gasteiger partial charge is 0.358 e. The minimum atomic E-state index is 0.0760. The summed E-state index contributed by atoms with van der Waals surface area (Å²) in [7, 11) is 1.68. The number of amides is 1. The Labute approximate surface area is 93.0 Å². The van der Waals surface area contributed by atoms with E-state index in [0.29, 0.717) is 23.9 Å². The SMILES string of the molecule is CNC(=O)CNC1CCC(C)(C)CC1C. The van der Waals surface area contributed by atoms with Crippen LogP contribution in [0.15, 0.2) is 0 Å². The first-order valence-electron chi connectivity index (χ1n) is 5.88. The molecule has 2 N–H and O–H groups in total. The summed E-state index contributed by atoms with van der Waals surface area (Å²) in [5.74, 6) is 0.741. The van der Waals surface area contributed by atoms with Crippen LogP contribution in [0, 0.1) is 11.3 Å². The summed E-state index contributed by atoms with van der Waals surface area (Å²) >= 11 is 0. The Hall–Kier alpha value is -0.570. The van der Waals surface area contributed by atoms with Gasteiger partial charge in [0.05, 0.1) is 6.54 Å². The van der Waals surface area contributed by atoms with Crippen molar-refractivity contribution < 1.29 is 4.79 Å². The second kappa shape index (κ2) is 4.97. The van der Waals surface area contributed by atoms with E-state index in [2.05, 4.69) is 31.4 Å². The van der Waals surface area contributed by atoms with Crippen LogP contribution >= 0.6 is 0 Å². The third-order valence-electron chi connectivity index (χ3n) is 3.50. The van der Waals surface area contributed by atoms with Gasteiger partial charge in [-0.1, -0.05) is 20.8 Å². The molecule has 0 aromatic rings. The van der Waals surface area contributed by atoms with E-state index in [1.54, 1.807) is 7.05 Å². The van der Waals surface area contributed by atoms with Crippen molar-refractivity contribution in [1.82, 2.24) is 10.6 Å². The number of likely N-dealkylation sites (N-methyl/N-ethyl adjacent to an activating group) is 1. The highest BCUT2D eigenvalue weighted by molar-refractivity contribution is 5.77. The lowest BCUT2D eigenvalue weighted by Gasteiger charge is -2.39. The van der Waals surface area contributed by atoms with Crippen LogP contribution < -0.4 is 10.6 Å². The molecule has 0 aliphatic heterocycles. The monoisotopic (exact) mass is 212 g/mol. The topological polar surface area (TPSA) is 41.1 Å². The van der Waals surface area contributed by atoms with Crippen molar-refractivity contribution >= 4 is 5.91 Å². The van der Waals surface area contributed by atoms with E-state index >= 15 is 0 Å². The molecule has 2 atom stereocenters. The smallest absolute Gasteiger partial charge is 0.233 e. The molecule has 1 fully saturated rings. The fourth-order valence-electron chi connectivity index (χ4n) is 2.56. The van der Waals surface area contributed by atoms with Crippen molar-refractivity contribution in [3.63, 3.8) is 0 Å². The third kappa shape index (κ3) is 3.82. The lowest BCUT2D eigenvalue weighted by Crippen LogP contribution is -2.45. The molecule has 1 aliphatic carbocycles. The summed E-state index contributed by atoms with van der Waals surface area (Å²) in [6.45, 7) is 7.39. The van der Waals surface area contributed by atoms with E-state index in [1.807, 2.05) is 0 Å². The van der Waals surface area contributed by atoms with Crippen LogP contribution in [-0.2, 0) is 4.79 Å². The lowest BCUT2D eigenvalue weighted by atomic mass is 9.70. The van der Waals surface area contributed by atoms with Gasteiger partial charge in [-0.3, -0.25) is 4.79 Å². The summed E-state index contributed by atoms with van der Waals surface area (Å²) in [6.07, 6.45) is 3.69. The van der Waals surface area contributed by atoms with Gasteiger partial charge in [0.1, 0.15) is 0 Å². The first-order chi connectivity index (χ1) is 6.94. The maximum absolute atomic E-state index is 11.1. The maximum Gasteiger partial charge on any atom is 0.233 e. The Morgan fingerprint density at radius 2 is 2.13 bits per heavy atom. The molecule has 0 bridgehead atoms. The van der Waals surface area contributed by atoms with Crippen molar-refractivity contribution in [1.29, 1.82) is 0 Å². The number of carbonyl (C=O) groups excluding carboxylic acids is 1. The molecule has 0 heterocycles. The van der Waals surface area contributed by atoms with Crippen LogP contribution in [0.1, 0.15) is 40.0 Å². The highest BCUT2D eigenvalue weighted by Crippen LogP contribution is 2.38. The number of nitrogens with one attached hydrogen (secondary N) is 2. The molecule has 0 spiro atoms. The first-order valence-corrected chi connectivity index (χ1v) is 5.88. The van der Waals surface area contributed by atoms with Crippen LogP contribution in [0.3, 0.4) is 0 Å². The summed E-state index contributed by atoms with van der Waals surface area (Å²) in [6, 6.07) is 0.510. The van der Waals surface area contributed by atoms with E-state index < -0.39 is 0 Å². The number of carbonyl (C=O) groups is 1. The molecule has 0 aromatic heterocycles. The fraction of sp³-hybridized carbons (Fsp3) is 0.917. The Balaban J connectivity index is 2.35. The predicted octanol–water partition coefficient (Wildman–Crippen LogP) is 1.54. The van der Waals surface area contributed by atoms with E-state index in [4.69, 9.17) is 0 Å². The summed E-state index contributed by atoms with van der Waals surface area (Å²) in [5, 5.41) is 5.98. The number of hydrogen-bond donors (Lipinski definition) is 2. The zero-order valence-corrected chi connectivity index (χ0v) is 10.4. The van der Waals surface area contributed by atoms with Crippen LogP contribution in [0.4, 0.5) is 0 Å². The molecule has 88 valence electrons. The second-order valence-electron chi connectivity index (χ2n) is 5.54. The Morgan fingerprint density at radius 1 is 1.47 bits per heavy atom. The minimum absolute atomic E-state index is 0.0760. The first kappa shape index (κ1) is 12.5. The summed E-state index contributed by atoms with van der Waals surface area (Å²) in [4.78, 5) is 11.1. The Bertz CT molecular complexity index is 226. The molecule has 1 saturated carbocycles. The van der Waals surface area contributed by atoms with Gasteiger partial charge in [-0.25, -0.2) is 0 Å². The molecular formula is C12H24N2O. The Kier molecular flexibility index (Phi) is 4.14. The highest BCUT2D eigenvalue weighted by atomic mass is 16.1. The molecule has 0 radical (unpaired) electrons. The summed E-state index contributed by atoms with van der Waals surface area (Å²) < 4.78 is 0. The standard InChI is InChI=1S/C12H24N2O/c1-9-7-12(2,3)6-5-10(9)14-8-11(15)13-4/h9-10,14H,5-8H2,1-4H3,(H,13,15). The quantitative estimate of drug-likeness (QED) is 0.745. The molecule has 0 saturated heterocycles. The van der Waals surface area contributed by atoms with Gasteiger partial charge < -0.3 is 10.6 Å². The lowest BCUT2D eigenvalue weighted by molar-refractivity contribution is -0.120. The van der Waals surface area contributed by atoms with Crippen molar-refractivity contribution in [2.75, 3.05) is 13.6 Å². The molecule has 2 unspecified atom stereocenters. The van der Waals surface area contributed by atoms with Gasteiger partial charge >= 0.3 is 0 Å². The zero-order valence-electron chi connectivity index (χ0n) is 10.4. The zero-order chi connectivity index (χ0) is 11.5. The minimum Gasteiger partial charge on any atom is -0.358 e. The molecule has 1 aliphatic rings. The van der Waals surface area contributed by atoms with Gasteiger partial charge in [-0.15, -0.1) is 0 Å². The molecule has 3 heteroatoms. The van der Waals surface area contributed by atoms with Gasteiger partial charge in [0.25, 0.3) is 0 Å². The van der Waals surface area contributed by atoms with Crippen LogP contribution in [0.2, 0.25) is 0 Å². The average molecular weight is 212 g/mol. The van der Waals surface area contributed by atoms with Gasteiger partial charge in [0.15, 0.2) is 0 Å². The molecular weight excluding hydrogens is 188 g/mol. The average Bonchev–Trinajstić information content (AvgIpc) is 2.15. The molecule has 0 aromatic carbocycles. The van der Waals surface area contributed by atoms with Crippen molar-refractivity contribution in [2.45, 2.75) is 46.1 Å². The predicted molar refractivity (Wildman–Crippen MR) is 62.7 cm³/mol. The van der Waals surface area contributed by atoms with Crippen molar-refractivity contribution in [3.8, 4) is 0 Å². The van der Waals surface area contributed by atoms with Crippen molar-refractivity contribution in [3.05, 3.63) is 0 Å². The van der Waals surface area contributed by atoms with Crippen LogP contribution in [0.25, 0.3) is 0 Å². The van der Waals surface area contributed by atoms with Crippen LogP contribution in [0.5, 0.6) is 0 Å². The molecule has 15 heavy (non-hydrogen) atoms. The molecule has 1 amide bonds. The second-order valence-corrected chi connectivity index (χ2v) is 5.54. The van der Waals surface area contributed by atoms with Gasteiger partial charge in [0.2, 0.25) is 5.91 Å². The maximum atomic E-state index is 11.1. The fourth-order valence-corrected chi connectivity index (χ4v) is 2.56. The van der Waals surface area contributed by atoms with Gasteiger partial charge in [-0.2, -0.15) is 0 Å². The van der Waals surface area contributed by atoms with E-state index in [0.717, 1.165) is 0 Å². The number of hydrogen-bond acceptors (Lipinski definition) is 2. The van der Waals surface area contributed by atoms with E-state index in [-0.39, 0.29) is 5.91 Å². The van der Waals surface area contributed by atoms with Crippen LogP contribution in [-0.4, -0.2) is 25.5 Å². The van der Waals surface area contributed by atoms with Crippen molar-refractivity contribution in [2.24, 2.45) is 11.3 Å². The Morgan fingerprint density at radius 3 is 2.67 bits per heavy atom. The molecule has 3 nitrogen and oxygen atoms in total. The van der Waals surface area contributed by atoms with Gasteiger partial charge in [0, 0.05) is 13.1 Å². The number of rotatable bonds is 3. The highest BCUT2D eigenvalue weighted by Gasteiger charge is 2.31. The van der Waals surface area contributed by atoms with E-state index in [9.17, 15) is 4.79 Å². The van der Waals surface area contributed by atoms with E-state index in [1.165, 1.54) is 19.3 Å². The van der Waals surface area contributed by atoms with Gasteiger partial charge in [-0.05, 0) is 30.6 Å². The molecule has 1 rings (SSSR count). The normalized spacial score (nSPS) is 29.9.